The molecule has 0 aliphatic rings. The van der Waals surface area contributed by atoms with Crippen LogP contribution in [-0.4, -0.2) is 37.6 Å². The van der Waals surface area contributed by atoms with Crippen LogP contribution in [0.1, 0.15) is 30.7 Å². The molecule has 2 aromatic heterocycles. The zero-order chi connectivity index (χ0) is 24.9. The summed E-state index contributed by atoms with van der Waals surface area (Å²) in [4.78, 5) is 31.2. The first-order chi connectivity index (χ1) is 16.9. The minimum atomic E-state index is -0.209. The second kappa shape index (κ2) is 10.8. The number of carbonyl (C=O) groups excluding carboxylic acids is 1. The van der Waals surface area contributed by atoms with Gasteiger partial charge in [-0.25, -0.2) is 4.98 Å². The predicted molar refractivity (Wildman–Crippen MR) is 139 cm³/mol. The number of nitrogens with zero attached hydrogens (tertiary/aromatic N) is 4. The summed E-state index contributed by atoms with van der Waals surface area (Å²) in [6.07, 6.45) is 0. The average Bonchev–Trinajstić information content (AvgIpc) is 3.18. The Kier molecular flexibility index (Phi) is 7.55. The van der Waals surface area contributed by atoms with Crippen LogP contribution in [0.2, 0.25) is 0 Å². The van der Waals surface area contributed by atoms with Crippen molar-refractivity contribution in [3.8, 4) is 5.75 Å². The zero-order valence-corrected chi connectivity index (χ0v) is 21.2. The number of amides is 1. The van der Waals surface area contributed by atoms with Crippen LogP contribution in [0, 0.1) is 13.8 Å². The summed E-state index contributed by atoms with van der Waals surface area (Å²) in [7, 11) is 0. The molecule has 4 aromatic rings. The molecule has 9 heteroatoms. The van der Waals surface area contributed by atoms with E-state index in [0.29, 0.717) is 53.0 Å². The highest BCUT2D eigenvalue weighted by Gasteiger charge is 2.19. The van der Waals surface area contributed by atoms with Gasteiger partial charge in [-0.1, -0.05) is 53.7 Å². The lowest BCUT2D eigenvalue weighted by Crippen LogP contribution is -2.26. The van der Waals surface area contributed by atoms with Gasteiger partial charge >= 0.3 is 0 Å². The van der Waals surface area contributed by atoms with E-state index in [1.165, 1.54) is 11.8 Å². The maximum atomic E-state index is 13.6. The van der Waals surface area contributed by atoms with Gasteiger partial charge in [-0.2, -0.15) is 5.10 Å². The number of ether oxygens (including phenoxy) is 1. The summed E-state index contributed by atoms with van der Waals surface area (Å²) in [6, 6.07) is 15.3. The van der Waals surface area contributed by atoms with Crippen LogP contribution in [-0.2, 0) is 17.9 Å². The fourth-order valence-electron chi connectivity index (χ4n) is 3.81. The molecule has 0 fully saturated rings. The molecule has 0 atom stereocenters. The van der Waals surface area contributed by atoms with Crippen molar-refractivity contribution in [2.24, 2.45) is 0 Å². The third-order valence-electron chi connectivity index (χ3n) is 5.54. The predicted octanol–water partition coefficient (Wildman–Crippen LogP) is 4.41. The maximum absolute atomic E-state index is 13.6. The molecule has 8 nitrogen and oxygen atoms in total. The molecule has 182 valence electrons. The molecule has 1 N–H and O–H groups in total. The number of nitrogens with one attached hydrogen (secondary N) is 1. The molecular formula is C26H29N5O3S. The molecule has 0 bridgehead atoms. The Morgan fingerprint density at radius 2 is 1.83 bits per heavy atom. The van der Waals surface area contributed by atoms with Crippen molar-refractivity contribution in [3.05, 3.63) is 75.7 Å². The highest BCUT2D eigenvalue weighted by molar-refractivity contribution is 7.99. The van der Waals surface area contributed by atoms with Crippen molar-refractivity contribution in [3.63, 3.8) is 0 Å². The number of benzene rings is 2. The normalized spacial score (nSPS) is 11.1. The summed E-state index contributed by atoms with van der Waals surface area (Å²) < 4.78 is 8.92. The molecule has 4 rings (SSSR count). The van der Waals surface area contributed by atoms with Gasteiger partial charge < -0.3 is 10.1 Å². The van der Waals surface area contributed by atoms with E-state index in [1.54, 1.807) is 15.3 Å². The molecule has 35 heavy (non-hydrogen) atoms. The highest BCUT2D eigenvalue weighted by Crippen LogP contribution is 2.25. The lowest BCUT2D eigenvalue weighted by atomic mass is 10.1. The van der Waals surface area contributed by atoms with Gasteiger partial charge in [0, 0.05) is 6.54 Å². The van der Waals surface area contributed by atoms with Crippen molar-refractivity contribution < 1.29 is 9.53 Å². The summed E-state index contributed by atoms with van der Waals surface area (Å²) in [5.74, 6) is 0.499. The summed E-state index contributed by atoms with van der Waals surface area (Å²) in [6.45, 7) is 9.14. The number of thioether (sulfide) groups is 1. The van der Waals surface area contributed by atoms with E-state index in [4.69, 9.17) is 9.72 Å². The Balaban J connectivity index is 1.65. The smallest absolute Gasteiger partial charge is 0.280 e. The Morgan fingerprint density at radius 1 is 1.09 bits per heavy atom. The number of para-hydroxylation sites is 2. The van der Waals surface area contributed by atoms with E-state index in [9.17, 15) is 9.59 Å². The minimum absolute atomic E-state index is 0.0905. The molecule has 0 saturated carbocycles. The largest absolute Gasteiger partial charge is 0.492 e. The lowest BCUT2D eigenvalue weighted by molar-refractivity contribution is -0.113. The third-order valence-corrected chi connectivity index (χ3v) is 6.51. The lowest BCUT2D eigenvalue weighted by Gasteiger charge is -2.14. The van der Waals surface area contributed by atoms with Crippen LogP contribution < -0.4 is 15.6 Å². The molecule has 2 heterocycles. The molecule has 0 radical (unpaired) electrons. The standard InChI is InChI=1S/C26H29N5O3S/c1-5-31-24-23(18(4)29-31)28-26(30(25(24)33)15-19-13-11-17(3)12-14-19)35-16-22(32)27-20-9-7-8-10-21(20)34-6-2/h7-14H,5-6,15-16H2,1-4H3,(H,27,32). The van der Waals surface area contributed by atoms with Crippen LogP contribution in [0.3, 0.4) is 0 Å². The van der Waals surface area contributed by atoms with E-state index >= 15 is 0 Å². The molecular weight excluding hydrogens is 462 g/mol. The second-order valence-corrected chi connectivity index (χ2v) is 9.08. The van der Waals surface area contributed by atoms with E-state index < -0.39 is 0 Å². The van der Waals surface area contributed by atoms with Crippen LogP contribution in [0.4, 0.5) is 5.69 Å². The number of hydrogen-bond acceptors (Lipinski definition) is 6. The Labute approximate surface area is 208 Å². The van der Waals surface area contributed by atoms with Gasteiger partial charge in [0.25, 0.3) is 5.56 Å². The fraction of sp³-hybridized carbons (Fsp3) is 0.308. The van der Waals surface area contributed by atoms with E-state index in [1.807, 2.05) is 70.2 Å². The molecule has 0 aliphatic heterocycles. The Morgan fingerprint density at radius 3 is 2.54 bits per heavy atom. The van der Waals surface area contributed by atoms with E-state index in [-0.39, 0.29) is 17.2 Å². The number of anilines is 1. The van der Waals surface area contributed by atoms with Crippen LogP contribution in [0.25, 0.3) is 11.0 Å². The second-order valence-electron chi connectivity index (χ2n) is 8.14. The molecule has 0 unspecified atom stereocenters. The Bertz CT molecular complexity index is 1410. The first-order valence-electron chi connectivity index (χ1n) is 11.6. The van der Waals surface area contributed by atoms with Gasteiger partial charge in [0.05, 0.1) is 30.3 Å². The van der Waals surface area contributed by atoms with Crippen LogP contribution in [0.5, 0.6) is 5.75 Å². The van der Waals surface area contributed by atoms with Gasteiger partial charge in [-0.3, -0.25) is 18.8 Å². The monoisotopic (exact) mass is 491 g/mol. The Hall–Kier alpha value is -3.59. The van der Waals surface area contributed by atoms with Crippen molar-refractivity contribution in [1.82, 2.24) is 19.3 Å². The quantitative estimate of drug-likeness (QED) is 0.276. The summed E-state index contributed by atoms with van der Waals surface area (Å²) in [5.41, 5.74) is 4.32. The number of rotatable bonds is 9. The SMILES string of the molecule is CCOc1ccccc1NC(=O)CSc1nc2c(C)nn(CC)c2c(=O)n1Cc1ccc(C)cc1. The zero-order valence-electron chi connectivity index (χ0n) is 20.4. The fourth-order valence-corrected chi connectivity index (χ4v) is 4.60. The molecule has 0 spiro atoms. The first kappa shape index (κ1) is 24.5. The number of aryl methyl sites for hydroxylation is 3. The van der Waals surface area contributed by atoms with E-state index in [2.05, 4.69) is 10.4 Å². The third kappa shape index (κ3) is 5.40. The van der Waals surface area contributed by atoms with Crippen molar-refractivity contribution in [1.29, 1.82) is 0 Å². The van der Waals surface area contributed by atoms with Crippen molar-refractivity contribution in [2.45, 2.75) is 45.9 Å². The molecule has 1 amide bonds. The number of aromatic nitrogens is 4. The molecule has 0 aliphatic carbocycles. The maximum Gasteiger partial charge on any atom is 0.280 e. The average molecular weight is 492 g/mol. The van der Waals surface area contributed by atoms with Crippen molar-refractivity contribution in [2.75, 3.05) is 17.7 Å². The summed E-state index contributed by atoms with van der Waals surface area (Å²) >= 11 is 1.23. The van der Waals surface area contributed by atoms with Gasteiger partial charge in [0.2, 0.25) is 5.91 Å². The number of fused-ring (bicyclic) bond motifs is 1. The topological polar surface area (TPSA) is 91.0 Å². The highest BCUT2D eigenvalue weighted by atomic mass is 32.2. The van der Waals surface area contributed by atoms with Gasteiger partial charge in [-0.15, -0.1) is 0 Å². The first-order valence-corrected chi connectivity index (χ1v) is 12.6. The minimum Gasteiger partial charge on any atom is -0.492 e. The summed E-state index contributed by atoms with van der Waals surface area (Å²) in [5, 5.41) is 7.87. The van der Waals surface area contributed by atoms with Crippen molar-refractivity contribution >= 4 is 34.4 Å². The number of carbonyl (C=O) groups is 1. The van der Waals surface area contributed by atoms with Crippen LogP contribution >= 0.6 is 11.8 Å². The van der Waals surface area contributed by atoms with E-state index in [0.717, 1.165) is 11.1 Å². The van der Waals surface area contributed by atoms with Gasteiger partial charge in [0.1, 0.15) is 11.3 Å². The van der Waals surface area contributed by atoms with Gasteiger partial charge in [0.15, 0.2) is 10.7 Å². The van der Waals surface area contributed by atoms with Gasteiger partial charge in [-0.05, 0) is 45.4 Å². The number of hydrogen-bond donors (Lipinski definition) is 1. The van der Waals surface area contributed by atoms with Crippen LogP contribution in [0.15, 0.2) is 58.5 Å². The molecule has 0 saturated heterocycles. The molecule has 2 aromatic carbocycles.